The topological polar surface area (TPSA) is 42.7 Å². The number of pyridine rings is 1. The third kappa shape index (κ3) is 2.17. The van der Waals surface area contributed by atoms with E-state index < -0.39 is 0 Å². The van der Waals surface area contributed by atoms with E-state index in [-0.39, 0.29) is 0 Å². The average molecular weight is 237 g/mol. The zero-order chi connectivity index (χ0) is 11.5. The van der Waals surface area contributed by atoms with E-state index in [9.17, 15) is 0 Å². The zero-order valence-corrected chi connectivity index (χ0v) is 9.99. The number of aryl methyl sites for hydroxylation is 1. The Morgan fingerprint density at radius 2 is 2.31 bits per heavy atom. The zero-order valence-electron chi connectivity index (χ0n) is 9.24. The van der Waals surface area contributed by atoms with Gasteiger partial charge in [0.25, 0.3) is 0 Å². The van der Waals surface area contributed by atoms with Gasteiger partial charge in [-0.15, -0.1) is 0 Å². The average Bonchev–Trinajstić information content (AvgIpc) is 2.59. The fraction of sp³-hybridized carbons (Fsp3) is 0.273. The van der Waals surface area contributed by atoms with Crippen LogP contribution in [-0.2, 0) is 6.54 Å². The molecule has 0 amide bonds. The highest BCUT2D eigenvalue weighted by molar-refractivity contribution is 6.31. The molecule has 0 aromatic carbocycles. The Bertz CT molecular complexity index is 473. The molecule has 0 radical (unpaired) electrons. The van der Waals surface area contributed by atoms with Gasteiger partial charge in [-0.3, -0.25) is 4.68 Å². The predicted octanol–water partition coefficient (Wildman–Crippen LogP) is 2.33. The van der Waals surface area contributed by atoms with Crippen molar-refractivity contribution in [2.75, 3.05) is 12.4 Å². The van der Waals surface area contributed by atoms with Gasteiger partial charge in [0.15, 0.2) is 0 Å². The van der Waals surface area contributed by atoms with Gasteiger partial charge in [-0.1, -0.05) is 17.7 Å². The van der Waals surface area contributed by atoms with Crippen molar-refractivity contribution < 1.29 is 0 Å². The summed E-state index contributed by atoms with van der Waals surface area (Å²) in [5.41, 5.74) is 1.93. The number of halogens is 1. The first kappa shape index (κ1) is 11.0. The second-order valence-electron chi connectivity index (χ2n) is 3.52. The molecule has 2 aromatic heterocycles. The van der Waals surface area contributed by atoms with Gasteiger partial charge >= 0.3 is 0 Å². The molecule has 0 fully saturated rings. The van der Waals surface area contributed by atoms with Crippen LogP contribution in [0.1, 0.15) is 11.3 Å². The van der Waals surface area contributed by atoms with Gasteiger partial charge in [-0.05, 0) is 13.0 Å². The highest BCUT2D eigenvalue weighted by Crippen LogP contribution is 2.16. The highest BCUT2D eigenvalue weighted by atomic mass is 35.5. The third-order valence-electron chi connectivity index (χ3n) is 2.35. The molecule has 0 aliphatic rings. The molecule has 0 aliphatic heterocycles. The maximum Gasteiger partial charge on any atom is 0.130 e. The monoisotopic (exact) mass is 236 g/mol. The quantitative estimate of drug-likeness (QED) is 0.890. The van der Waals surface area contributed by atoms with Crippen LogP contribution in [-0.4, -0.2) is 21.8 Å². The summed E-state index contributed by atoms with van der Waals surface area (Å²) in [6, 6.07) is 3.93. The summed E-state index contributed by atoms with van der Waals surface area (Å²) >= 11 is 5.95. The van der Waals surface area contributed by atoms with Gasteiger partial charge in [0.1, 0.15) is 5.82 Å². The maximum atomic E-state index is 5.95. The first-order chi connectivity index (χ1) is 7.70. The molecule has 2 rings (SSSR count). The van der Waals surface area contributed by atoms with E-state index in [2.05, 4.69) is 15.4 Å². The standard InChI is InChI=1S/C11H13ClN4/c1-8-10(12)7-16(15-8)6-9-4-3-5-14-11(9)13-2/h3-5,7H,6H2,1-2H3,(H,13,14). The molecule has 0 saturated heterocycles. The Kier molecular flexibility index (Phi) is 3.10. The van der Waals surface area contributed by atoms with Gasteiger partial charge in [-0.25, -0.2) is 4.98 Å². The normalized spacial score (nSPS) is 10.4. The van der Waals surface area contributed by atoms with Gasteiger partial charge in [0, 0.05) is 25.0 Å². The van der Waals surface area contributed by atoms with E-state index in [0.29, 0.717) is 11.6 Å². The largest absolute Gasteiger partial charge is 0.373 e. The number of nitrogens with one attached hydrogen (secondary N) is 1. The van der Waals surface area contributed by atoms with E-state index in [0.717, 1.165) is 17.1 Å². The molecule has 84 valence electrons. The van der Waals surface area contributed by atoms with Crippen LogP contribution in [0, 0.1) is 6.92 Å². The lowest BCUT2D eigenvalue weighted by molar-refractivity contribution is 0.679. The molecule has 2 heterocycles. The summed E-state index contributed by atoms with van der Waals surface area (Å²) in [6.07, 6.45) is 3.58. The van der Waals surface area contributed by atoms with Crippen molar-refractivity contribution in [1.29, 1.82) is 0 Å². The number of rotatable bonds is 3. The van der Waals surface area contributed by atoms with Crippen LogP contribution in [0.2, 0.25) is 5.02 Å². The van der Waals surface area contributed by atoms with Crippen molar-refractivity contribution in [2.45, 2.75) is 13.5 Å². The van der Waals surface area contributed by atoms with Crippen LogP contribution >= 0.6 is 11.6 Å². The van der Waals surface area contributed by atoms with E-state index in [1.165, 1.54) is 0 Å². The van der Waals surface area contributed by atoms with E-state index in [1.54, 1.807) is 6.20 Å². The summed E-state index contributed by atoms with van der Waals surface area (Å²) < 4.78 is 1.82. The molecule has 0 saturated carbocycles. The molecule has 2 aromatic rings. The smallest absolute Gasteiger partial charge is 0.130 e. The van der Waals surface area contributed by atoms with Crippen LogP contribution in [0.3, 0.4) is 0 Å². The van der Waals surface area contributed by atoms with Crippen molar-refractivity contribution in [3.05, 3.63) is 40.8 Å². The molecule has 0 aliphatic carbocycles. The Morgan fingerprint density at radius 1 is 1.50 bits per heavy atom. The van der Waals surface area contributed by atoms with Crippen LogP contribution in [0.5, 0.6) is 0 Å². The molecule has 16 heavy (non-hydrogen) atoms. The first-order valence-corrected chi connectivity index (χ1v) is 5.39. The van der Waals surface area contributed by atoms with E-state index >= 15 is 0 Å². The van der Waals surface area contributed by atoms with Crippen molar-refractivity contribution in [1.82, 2.24) is 14.8 Å². The maximum absolute atomic E-state index is 5.95. The van der Waals surface area contributed by atoms with Gasteiger partial charge in [0.2, 0.25) is 0 Å². The van der Waals surface area contributed by atoms with Crippen LogP contribution in [0.25, 0.3) is 0 Å². The predicted molar refractivity (Wildman–Crippen MR) is 64.9 cm³/mol. The van der Waals surface area contributed by atoms with Crippen LogP contribution in [0.4, 0.5) is 5.82 Å². The molecule has 0 unspecified atom stereocenters. The number of aromatic nitrogens is 3. The molecule has 0 spiro atoms. The summed E-state index contributed by atoms with van der Waals surface area (Å²) in [5, 5.41) is 8.05. The lowest BCUT2D eigenvalue weighted by atomic mass is 10.2. The summed E-state index contributed by atoms with van der Waals surface area (Å²) in [6.45, 7) is 2.55. The van der Waals surface area contributed by atoms with Gasteiger partial charge in [-0.2, -0.15) is 5.10 Å². The van der Waals surface area contributed by atoms with Crippen molar-refractivity contribution in [3.63, 3.8) is 0 Å². The molecule has 0 bridgehead atoms. The van der Waals surface area contributed by atoms with E-state index in [4.69, 9.17) is 11.6 Å². The summed E-state index contributed by atoms with van der Waals surface area (Å²) in [7, 11) is 1.85. The fourth-order valence-electron chi connectivity index (χ4n) is 1.54. The minimum atomic E-state index is 0.664. The number of hydrogen-bond donors (Lipinski definition) is 1. The Hall–Kier alpha value is -1.55. The number of nitrogens with zero attached hydrogens (tertiary/aromatic N) is 3. The SMILES string of the molecule is CNc1ncccc1Cn1cc(Cl)c(C)n1. The number of hydrogen-bond acceptors (Lipinski definition) is 3. The van der Waals surface area contributed by atoms with Crippen molar-refractivity contribution in [3.8, 4) is 0 Å². The molecule has 0 atom stereocenters. The minimum absolute atomic E-state index is 0.664. The van der Waals surface area contributed by atoms with Gasteiger partial charge in [0.05, 0.1) is 17.3 Å². The summed E-state index contributed by atoms with van der Waals surface area (Å²) in [4.78, 5) is 4.24. The second-order valence-corrected chi connectivity index (χ2v) is 3.93. The lowest BCUT2D eigenvalue weighted by Gasteiger charge is -2.07. The van der Waals surface area contributed by atoms with Crippen molar-refractivity contribution >= 4 is 17.4 Å². The van der Waals surface area contributed by atoms with Crippen LogP contribution < -0.4 is 5.32 Å². The minimum Gasteiger partial charge on any atom is -0.373 e. The van der Waals surface area contributed by atoms with Crippen molar-refractivity contribution in [2.24, 2.45) is 0 Å². The molecule has 1 N–H and O–H groups in total. The lowest BCUT2D eigenvalue weighted by Crippen LogP contribution is -2.05. The summed E-state index contributed by atoms with van der Waals surface area (Å²) in [5.74, 6) is 0.867. The Balaban J connectivity index is 2.26. The highest BCUT2D eigenvalue weighted by Gasteiger charge is 2.05. The molecular weight excluding hydrogens is 224 g/mol. The van der Waals surface area contributed by atoms with Crippen LogP contribution in [0.15, 0.2) is 24.5 Å². The second kappa shape index (κ2) is 4.53. The molecule has 4 nitrogen and oxygen atoms in total. The fourth-order valence-corrected chi connectivity index (χ4v) is 1.69. The Morgan fingerprint density at radius 3 is 2.94 bits per heavy atom. The number of anilines is 1. The first-order valence-electron chi connectivity index (χ1n) is 5.02. The third-order valence-corrected chi connectivity index (χ3v) is 2.72. The molecular formula is C11H13ClN4. The Labute approximate surface area is 99.3 Å². The van der Waals surface area contributed by atoms with Gasteiger partial charge < -0.3 is 5.32 Å². The van der Waals surface area contributed by atoms with E-state index in [1.807, 2.05) is 37.0 Å². The molecule has 5 heteroatoms.